The summed E-state index contributed by atoms with van der Waals surface area (Å²) in [4.78, 5) is 11.9. The van der Waals surface area contributed by atoms with Crippen LogP contribution in [0.15, 0.2) is 53.4 Å². The molecule has 1 unspecified atom stereocenters. The van der Waals surface area contributed by atoms with E-state index in [1.54, 1.807) is 0 Å². The first-order chi connectivity index (χ1) is 11.0. The van der Waals surface area contributed by atoms with Crippen molar-refractivity contribution in [2.24, 2.45) is 0 Å². The Morgan fingerprint density at radius 2 is 1.87 bits per heavy atom. The summed E-state index contributed by atoms with van der Waals surface area (Å²) in [7, 11) is 0. The monoisotopic (exact) mass is 335 g/mol. The minimum Gasteiger partial charge on any atom is -0.491 e. The minimum absolute atomic E-state index is 0.112. The van der Waals surface area contributed by atoms with Crippen LogP contribution in [0.2, 0.25) is 0 Å². The molecule has 0 aliphatic carbocycles. The first-order valence-electron chi connectivity index (χ1n) is 7.10. The number of rotatable bonds is 7. The number of amides is 1. The molecule has 0 aliphatic heterocycles. The number of anilines is 1. The third kappa shape index (κ3) is 6.30. The van der Waals surface area contributed by atoms with Crippen LogP contribution < -0.4 is 10.1 Å². The van der Waals surface area contributed by atoms with E-state index in [-0.39, 0.29) is 18.3 Å². The van der Waals surface area contributed by atoms with Crippen molar-refractivity contribution < 1.29 is 19.0 Å². The molecule has 2 aromatic rings. The van der Waals surface area contributed by atoms with Crippen molar-refractivity contribution in [3.05, 3.63) is 54.3 Å². The zero-order valence-electron chi connectivity index (χ0n) is 12.7. The molecule has 1 atom stereocenters. The van der Waals surface area contributed by atoms with Gasteiger partial charge in [-0.1, -0.05) is 0 Å². The van der Waals surface area contributed by atoms with Crippen LogP contribution in [0.4, 0.5) is 10.1 Å². The SMILES string of the molecule is CC(=O)Nc1ccc(SCC(O)COc2ccc(F)cc2)cc1. The highest BCUT2D eigenvalue weighted by atomic mass is 32.2. The van der Waals surface area contributed by atoms with Gasteiger partial charge in [-0.2, -0.15) is 0 Å². The molecule has 0 heterocycles. The summed E-state index contributed by atoms with van der Waals surface area (Å²) >= 11 is 1.49. The number of carbonyl (C=O) groups excluding carboxylic acids is 1. The number of halogens is 1. The molecule has 0 saturated carbocycles. The molecule has 1 amide bonds. The van der Waals surface area contributed by atoms with Gasteiger partial charge < -0.3 is 15.2 Å². The van der Waals surface area contributed by atoms with E-state index in [1.165, 1.54) is 43.0 Å². The van der Waals surface area contributed by atoms with E-state index in [9.17, 15) is 14.3 Å². The molecule has 0 aromatic heterocycles. The fraction of sp³-hybridized carbons (Fsp3) is 0.235. The third-order valence-electron chi connectivity index (χ3n) is 2.87. The van der Waals surface area contributed by atoms with Gasteiger partial charge in [-0.05, 0) is 48.5 Å². The quantitative estimate of drug-likeness (QED) is 0.762. The summed E-state index contributed by atoms with van der Waals surface area (Å²) in [5, 5.41) is 12.6. The average molecular weight is 335 g/mol. The second-order valence-corrected chi connectivity index (χ2v) is 6.03. The van der Waals surface area contributed by atoms with Crippen LogP contribution in [0.3, 0.4) is 0 Å². The number of carbonyl (C=O) groups is 1. The zero-order chi connectivity index (χ0) is 16.7. The Bertz CT molecular complexity index is 631. The summed E-state index contributed by atoms with van der Waals surface area (Å²) < 4.78 is 18.2. The van der Waals surface area contributed by atoms with Crippen LogP contribution in [0.1, 0.15) is 6.92 Å². The molecular weight excluding hydrogens is 317 g/mol. The van der Waals surface area contributed by atoms with Crippen LogP contribution >= 0.6 is 11.8 Å². The second kappa shape index (κ2) is 8.55. The highest BCUT2D eigenvalue weighted by Gasteiger charge is 2.07. The molecule has 2 N–H and O–H groups in total. The predicted octanol–water partition coefficient (Wildman–Crippen LogP) is 3.32. The van der Waals surface area contributed by atoms with Gasteiger partial charge in [-0.3, -0.25) is 4.79 Å². The van der Waals surface area contributed by atoms with Gasteiger partial charge in [0, 0.05) is 23.3 Å². The fourth-order valence-corrected chi connectivity index (χ4v) is 2.61. The topological polar surface area (TPSA) is 58.6 Å². The van der Waals surface area contributed by atoms with Crippen LogP contribution in [-0.2, 0) is 4.79 Å². The number of thioether (sulfide) groups is 1. The van der Waals surface area contributed by atoms with Crippen LogP contribution in [0.5, 0.6) is 5.75 Å². The molecule has 122 valence electrons. The van der Waals surface area contributed by atoms with Crippen LogP contribution in [0, 0.1) is 5.82 Å². The van der Waals surface area contributed by atoms with Crippen LogP contribution in [0.25, 0.3) is 0 Å². The van der Waals surface area contributed by atoms with Gasteiger partial charge in [0.1, 0.15) is 18.2 Å². The summed E-state index contributed by atoms with van der Waals surface area (Å²) in [6.45, 7) is 1.60. The molecule has 0 radical (unpaired) electrons. The van der Waals surface area contributed by atoms with E-state index in [2.05, 4.69) is 5.32 Å². The van der Waals surface area contributed by atoms with Crippen LogP contribution in [-0.4, -0.2) is 29.5 Å². The predicted molar refractivity (Wildman–Crippen MR) is 89.4 cm³/mol. The first kappa shape index (κ1) is 17.3. The lowest BCUT2D eigenvalue weighted by molar-refractivity contribution is -0.114. The Labute approximate surface area is 138 Å². The van der Waals surface area contributed by atoms with E-state index in [0.29, 0.717) is 11.5 Å². The number of benzene rings is 2. The third-order valence-corrected chi connectivity index (χ3v) is 4.03. The molecule has 0 bridgehead atoms. The standard InChI is InChI=1S/C17H18FNO3S/c1-12(20)19-14-4-8-17(9-5-14)23-11-15(21)10-22-16-6-2-13(18)3-7-16/h2-9,15,21H,10-11H2,1H3,(H,19,20). The molecule has 2 aromatic carbocycles. The second-order valence-electron chi connectivity index (χ2n) is 4.94. The zero-order valence-corrected chi connectivity index (χ0v) is 13.5. The highest BCUT2D eigenvalue weighted by Crippen LogP contribution is 2.21. The normalized spacial score (nSPS) is 11.8. The number of hydrogen-bond donors (Lipinski definition) is 2. The maximum atomic E-state index is 12.8. The lowest BCUT2D eigenvalue weighted by Crippen LogP contribution is -2.20. The molecule has 0 fully saturated rings. The largest absolute Gasteiger partial charge is 0.491 e. The van der Waals surface area contributed by atoms with Crippen molar-refractivity contribution in [2.75, 3.05) is 17.7 Å². The Morgan fingerprint density at radius 1 is 1.22 bits per heavy atom. The van der Waals surface area contributed by atoms with Gasteiger partial charge in [0.25, 0.3) is 0 Å². The van der Waals surface area contributed by atoms with E-state index in [0.717, 1.165) is 10.6 Å². The number of hydrogen-bond acceptors (Lipinski definition) is 4. The van der Waals surface area contributed by atoms with Gasteiger partial charge in [-0.25, -0.2) is 4.39 Å². The van der Waals surface area contributed by atoms with Gasteiger partial charge in [0.05, 0.1) is 6.10 Å². The Hall–Kier alpha value is -2.05. The van der Waals surface area contributed by atoms with Gasteiger partial charge in [0.2, 0.25) is 5.91 Å². The van der Waals surface area contributed by atoms with Crippen molar-refractivity contribution in [1.29, 1.82) is 0 Å². The van der Waals surface area contributed by atoms with Gasteiger partial charge in [0.15, 0.2) is 0 Å². The summed E-state index contributed by atoms with van der Waals surface area (Å²) in [6.07, 6.45) is -0.639. The average Bonchev–Trinajstić information content (AvgIpc) is 2.53. The Kier molecular flexibility index (Phi) is 6.43. The van der Waals surface area contributed by atoms with Crippen molar-refractivity contribution in [3.8, 4) is 5.75 Å². The smallest absolute Gasteiger partial charge is 0.221 e. The molecule has 6 heteroatoms. The fourth-order valence-electron chi connectivity index (χ4n) is 1.80. The maximum Gasteiger partial charge on any atom is 0.221 e. The lowest BCUT2D eigenvalue weighted by Gasteiger charge is -2.12. The number of ether oxygens (including phenoxy) is 1. The Balaban J connectivity index is 1.74. The summed E-state index contributed by atoms with van der Waals surface area (Å²) in [6, 6.07) is 13.1. The van der Waals surface area contributed by atoms with Crippen molar-refractivity contribution >= 4 is 23.4 Å². The first-order valence-corrected chi connectivity index (χ1v) is 8.08. The van der Waals surface area contributed by atoms with E-state index in [4.69, 9.17) is 4.74 Å². The number of aliphatic hydroxyl groups excluding tert-OH is 1. The maximum absolute atomic E-state index is 12.8. The van der Waals surface area contributed by atoms with Crippen molar-refractivity contribution in [2.45, 2.75) is 17.9 Å². The van der Waals surface area contributed by atoms with E-state index >= 15 is 0 Å². The van der Waals surface area contributed by atoms with Crippen molar-refractivity contribution in [3.63, 3.8) is 0 Å². The number of nitrogens with one attached hydrogen (secondary N) is 1. The molecule has 0 aliphatic rings. The lowest BCUT2D eigenvalue weighted by atomic mass is 10.3. The summed E-state index contributed by atoms with van der Waals surface area (Å²) in [5.41, 5.74) is 0.738. The molecular formula is C17H18FNO3S. The summed E-state index contributed by atoms with van der Waals surface area (Å²) in [5.74, 6) is 0.561. The van der Waals surface area contributed by atoms with Crippen molar-refractivity contribution in [1.82, 2.24) is 0 Å². The molecule has 2 rings (SSSR count). The highest BCUT2D eigenvalue weighted by molar-refractivity contribution is 7.99. The van der Waals surface area contributed by atoms with Gasteiger partial charge in [-0.15, -0.1) is 11.8 Å². The molecule has 23 heavy (non-hydrogen) atoms. The molecule has 0 saturated heterocycles. The number of aliphatic hydroxyl groups is 1. The van der Waals surface area contributed by atoms with E-state index < -0.39 is 6.10 Å². The minimum atomic E-state index is -0.639. The van der Waals surface area contributed by atoms with Gasteiger partial charge >= 0.3 is 0 Å². The molecule has 0 spiro atoms. The van der Waals surface area contributed by atoms with E-state index in [1.807, 2.05) is 24.3 Å². The Morgan fingerprint density at radius 3 is 2.48 bits per heavy atom. The molecule has 4 nitrogen and oxygen atoms in total.